The van der Waals surface area contributed by atoms with Crippen LogP contribution in [0.15, 0.2) is 12.1 Å². The second kappa shape index (κ2) is 3.86. The lowest BCUT2D eigenvalue weighted by Gasteiger charge is -2.06. The van der Waals surface area contributed by atoms with Crippen molar-refractivity contribution in [2.45, 2.75) is 12.2 Å². The number of imidazole rings is 1. The molecule has 4 nitrogen and oxygen atoms in total. The lowest BCUT2D eigenvalue weighted by molar-refractivity contribution is 0.0755. The number of benzene rings is 1. The van der Waals surface area contributed by atoms with E-state index >= 15 is 0 Å². The Morgan fingerprint density at radius 3 is 2.56 bits per heavy atom. The molecule has 1 N–H and O–H groups in total. The van der Waals surface area contributed by atoms with Gasteiger partial charge in [0.25, 0.3) is 0 Å². The standard InChI is InChI=1S/C9H6ClF3N2O2S/c1-4-2-6-7(3-5(4)10)15-8(14-6)9(11,12)18(13,16)17/h2-3H,1H3,(H,14,15). The molecule has 2 aromatic rings. The molecule has 0 radical (unpaired) electrons. The Morgan fingerprint density at radius 2 is 2.00 bits per heavy atom. The summed E-state index contributed by atoms with van der Waals surface area (Å²) in [6.07, 6.45) is 0. The topological polar surface area (TPSA) is 62.8 Å². The van der Waals surface area contributed by atoms with Crippen molar-refractivity contribution in [2.75, 3.05) is 0 Å². The minimum absolute atomic E-state index is 0.0314. The monoisotopic (exact) mass is 298 g/mol. The van der Waals surface area contributed by atoms with Crippen molar-refractivity contribution in [3.8, 4) is 0 Å². The van der Waals surface area contributed by atoms with E-state index in [0.29, 0.717) is 5.56 Å². The number of H-pyrrole nitrogens is 1. The zero-order chi connectivity index (χ0) is 13.7. The van der Waals surface area contributed by atoms with E-state index in [0.717, 1.165) is 0 Å². The van der Waals surface area contributed by atoms with Crippen LogP contribution >= 0.6 is 11.6 Å². The second-order valence-electron chi connectivity index (χ2n) is 3.66. The molecule has 0 fully saturated rings. The quantitative estimate of drug-likeness (QED) is 0.867. The molecule has 0 spiro atoms. The Bertz CT molecular complexity index is 688. The van der Waals surface area contributed by atoms with Gasteiger partial charge in [-0.25, -0.2) is 4.98 Å². The number of aromatic amines is 1. The average molecular weight is 299 g/mol. The van der Waals surface area contributed by atoms with E-state index in [4.69, 9.17) is 11.6 Å². The van der Waals surface area contributed by atoms with Gasteiger partial charge in [-0.2, -0.15) is 17.2 Å². The first-order chi connectivity index (χ1) is 8.13. The number of aromatic nitrogens is 2. The summed E-state index contributed by atoms with van der Waals surface area (Å²) >= 11 is 5.77. The van der Waals surface area contributed by atoms with Crippen LogP contribution in [-0.4, -0.2) is 18.4 Å². The van der Waals surface area contributed by atoms with Crippen molar-refractivity contribution in [3.63, 3.8) is 0 Å². The number of nitrogens with one attached hydrogen (secondary N) is 1. The number of aryl methyl sites for hydroxylation is 1. The summed E-state index contributed by atoms with van der Waals surface area (Å²) in [5, 5.41) is -4.43. The van der Waals surface area contributed by atoms with Gasteiger partial charge in [0.15, 0.2) is 5.82 Å². The molecule has 0 unspecified atom stereocenters. The summed E-state index contributed by atoms with van der Waals surface area (Å²) in [5.41, 5.74) is 0.768. The van der Waals surface area contributed by atoms with Crippen molar-refractivity contribution >= 4 is 32.9 Å². The highest BCUT2D eigenvalue weighted by Crippen LogP contribution is 2.35. The summed E-state index contributed by atoms with van der Waals surface area (Å²) in [5.74, 6) is -1.28. The molecule has 2 rings (SSSR count). The zero-order valence-electron chi connectivity index (χ0n) is 8.84. The maximum atomic E-state index is 13.2. The Hall–Kier alpha value is -1.28. The maximum Gasteiger partial charge on any atom is 0.430 e. The fourth-order valence-corrected chi connectivity index (χ4v) is 1.88. The molecule has 0 amide bonds. The number of hydrogen-bond acceptors (Lipinski definition) is 3. The highest BCUT2D eigenvalue weighted by atomic mass is 35.5. The van der Waals surface area contributed by atoms with E-state index in [9.17, 15) is 21.1 Å². The summed E-state index contributed by atoms with van der Waals surface area (Å²) in [4.78, 5) is 5.42. The van der Waals surface area contributed by atoms with Crippen molar-refractivity contribution in [1.82, 2.24) is 9.97 Å². The fraction of sp³-hybridized carbons (Fsp3) is 0.222. The van der Waals surface area contributed by atoms with Crippen LogP contribution in [0.25, 0.3) is 11.0 Å². The van der Waals surface area contributed by atoms with Crippen LogP contribution in [0.4, 0.5) is 12.7 Å². The van der Waals surface area contributed by atoms with Gasteiger partial charge in [0.2, 0.25) is 0 Å². The molecule has 9 heteroatoms. The first-order valence-corrected chi connectivity index (χ1v) is 6.37. The van der Waals surface area contributed by atoms with E-state index in [-0.39, 0.29) is 16.1 Å². The average Bonchev–Trinajstić information content (AvgIpc) is 2.60. The van der Waals surface area contributed by atoms with Crippen molar-refractivity contribution in [2.24, 2.45) is 0 Å². The van der Waals surface area contributed by atoms with Crippen LogP contribution in [0.5, 0.6) is 0 Å². The molecule has 0 atom stereocenters. The molecule has 1 aromatic carbocycles. The van der Waals surface area contributed by atoms with Crippen LogP contribution in [0.2, 0.25) is 5.02 Å². The van der Waals surface area contributed by atoms with E-state index in [1.54, 1.807) is 6.92 Å². The van der Waals surface area contributed by atoms with Crippen LogP contribution in [0.1, 0.15) is 11.4 Å². The third kappa shape index (κ3) is 1.95. The Labute approximate surface area is 105 Å². The highest BCUT2D eigenvalue weighted by Gasteiger charge is 2.50. The highest BCUT2D eigenvalue weighted by molar-refractivity contribution is 7.87. The molecule has 1 heterocycles. The van der Waals surface area contributed by atoms with Crippen LogP contribution in [-0.2, 0) is 15.5 Å². The van der Waals surface area contributed by atoms with Crippen molar-refractivity contribution < 1.29 is 21.1 Å². The zero-order valence-corrected chi connectivity index (χ0v) is 10.4. The van der Waals surface area contributed by atoms with Gasteiger partial charge in [0.05, 0.1) is 11.0 Å². The largest absolute Gasteiger partial charge is 0.430 e. The van der Waals surface area contributed by atoms with Gasteiger partial charge in [-0.05, 0) is 24.6 Å². The maximum absolute atomic E-state index is 13.2. The summed E-state index contributed by atoms with van der Waals surface area (Å²) in [6, 6.07) is 2.70. The molecule has 0 saturated heterocycles. The van der Waals surface area contributed by atoms with Gasteiger partial charge in [0, 0.05) is 5.02 Å². The smallest absolute Gasteiger partial charge is 0.336 e. The summed E-state index contributed by atoms with van der Waals surface area (Å²) in [6.45, 7) is 1.63. The second-order valence-corrected chi connectivity index (χ2v) is 5.45. The van der Waals surface area contributed by atoms with Gasteiger partial charge < -0.3 is 4.98 Å². The third-order valence-electron chi connectivity index (χ3n) is 2.34. The van der Waals surface area contributed by atoms with Gasteiger partial charge in [0.1, 0.15) is 0 Å². The van der Waals surface area contributed by atoms with Gasteiger partial charge in [-0.15, -0.1) is 0 Å². The Balaban J connectivity index is 2.68. The van der Waals surface area contributed by atoms with E-state index in [1.807, 2.05) is 0 Å². The predicted octanol–water partition coefficient (Wildman–Crippen LogP) is 2.87. The molecule has 0 aliphatic heterocycles. The molecule has 0 bridgehead atoms. The first kappa shape index (κ1) is 13.2. The minimum atomic E-state index is -6.08. The van der Waals surface area contributed by atoms with Crippen LogP contribution in [0, 0.1) is 6.92 Å². The molecular formula is C9H6ClF3N2O2S. The number of rotatable bonds is 2. The molecule has 0 aliphatic rings. The van der Waals surface area contributed by atoms with Crippen LogP contribution in [0.3, 0.4) is 0 Å². The number of nitrogens with zero attached hydrogens (tertiary/aromatic N) is 1. The number of hydrogen-bond donors (Lipinski definition) is 1. The number of alkyl halides is 2. The van der Waals surface area contributed by atoms with Gasteiger partial charge >= 0.3 is 15.5 Å². The SMILES string of the molecule is Cc1cc2[nH]c(C(F)(F)S(=O)(=O)F)nc2cc1Cl. The lowest BCUT2D eigenvalue weighted by atomic mass is 10.2. The van der Waals surface area contributed by atoms with E-state index < -0.39 is 21.3 Å². The normalized spacial score (nSPS) is 13.2. The Morgan fingerprint density at radius 1 is 1.39 bits per heavy atom. The van der Waals surface area contributed by atoms with Gasteiger partial charge in [-0.3, -0.25) is 0 Å². The van der Waals surface area contributed by atoms with Gasteiger partial charge in [-0.1, -0.05) is 15.5 Å². The van der Waals surface area contributed by atoms with Crippen molar-refractivity contribution in [3.05, 3.63) is 28.5 Å². The van der Waals surface area contributed by atoms with E-state index in [1.165, 1.54) is 12.1 Å². The Kier molecular flexibility index (Phi) is 2.82. The minimum Gasteiger partial charge on any atom is -0.336 e. The molecule has 0 aliphatic carbocycles. The molecule has 1 aromatic heterocycles. The number of halogens is 4. The molecule has 18 heavy (non-hydrogen) atoms. The molecule has 0 saturated carbocycles. The molecule has 98 valence electrons. The summed E-state index contributed by atoms with van der Waals surface area (Å²) in [7, 11) is -6.08. The fourth-order valence-electron chi connectivity index (χ4n) is 1.39. The molecular weight excluding hydrogens is 293 g/mol. The van der Waals surface area contributed by atoms with Crippen molar-refractivity contribution in [1.29, 1.82) is 0 Å². The summed E-state index contributed by atoms with van der Waals surface area (Å²) < 4.78 is 59.6. The van der Waals surface area contributed by atoms with E-state index in [2.05, 4.69) is 9.97 Å². The predicted molar refractivity (Wildman–Crippen MR) is 59.8 cm³/mol. The first-order valence-electron chi connectivity index (χ1n) is 4.61. The lowest BCUT2D eigenvalue weighted by Crippen LogP contribution is -2.23. The van der Waals surface area contributed by atoms with Crippen LogP contribution < -0.4 is 0 Å². The number of fused-ring (bicyclic) bond motifs is 1. The third-order valence-corrected chi connectivity index (χ3v) is 3.56.